The number of hydrogen-bond donors (Lipinski definition) is 2. The van der Waals surface area contributed by atoms with E-state index in [1.807, 2.05) is 11.5 Å². The number of para-hydroxylation sites is 1. The molecule has 0 radical (unpaired) electrons. The van der Waals surface area contributed by atoms with Crippen molar-refractivity contribution in [1.82, 2.24) is 5.48 Å². The van der Waals surface area contributed by atoms with Crippen molar-refractivity contribution in [2.75, 3.05) is 18.6 Å². The van der Waals surface area contributed by atoms with Gasteiger partial charge in [-0.15, -0.1) is 0 Å². The molecule has 0 fully saturated rings. The highest BCUT2D eigenvalue weighted by molar-refractivity contribution is 5.92. The minimum atomic E-state index is -1.20. The van der Waals surface area contributed by atoms with Crippen LogP contribution in [0.15, 0.2) is 24.3 Å². The molecule has 1 rings (SSSR count). The van der Waals surface area contributed by atoms with Crippen LogP contribution >= 0.6 is 0 Å². The first-order valence-electron chi connectivity index (χ1n) is 4.92. The van der Waals surface area contributed by atoms with Gasteiger partial charge in [-0.3, -0.25) is 9.74 Å². The van der Waals surface area contributed by atoms with Crippen LogP contribution in [0.4, 0.5) is 10.5 Å². The van der Waals surface area contributed by atoms with Gasteiger partial charge in [-0.25, -0.2) is 15.1 Å². The van der Waals surface area contributed by atoms with Gasteiger partial charge in [-0.05, 0) is 12.1 Å². The van der Waals surface area contributed by atoms with E-state index in [0.29, 0.717) is 11.3 Å². The highest BCUT2D eigenvalue weighted by Gasteiger charge is 2.14. The van der Waals surface area contributed by atoms with Gasteiger partial charge in [-0.1, -0.05) is 12.1 Å². The number of anilines is 1. The molecule has 18 heavy (non-hydrogen) atoms. The summed E-state index contributed by atoms with van der Waals surface area (Å²) in [5.41, 5.74) is 2.69. The van der Waals surface area contributed by atoms with Crippen molar-refractivity contribution in [3.05, 3.63) is 29.8 Å². The number of carboxylic acids is 1. The minimum Gasteiger partial charge on any atom is -0.479 e. The van der Waals surface area contributed by atoms with Crippen molar-refractivity contribution < 1.29 is 19.5 Å². The van der Waals surface area contributed by atoms with Gasteiger partial charge in [0.1, 0.15) is 6.07 Å². The van der Waals surface area contributed by atoms with Crippen LogP contribution in [0.1, 0.15) is 5.56 Å². The van der Waals surface area contributed by atoms with Crippen LogP contribution in [-0.4, -0.2) is 30.8 Å². The number of amides is 2. The number of urea groups is 1. The minimum absolute atomic E-state index is 0.327. The predicted octanol–water partition coefficient (Wildman–Crippen LogP) is 0.720. The summed E-state index contributed by atoms with van der Waals surface area (Å²) in [6.07, 6.45) is 0. The SMILES string of the molecule is CN(C(=O)NOCC(=O)O)c1ccccc1C#N. The number of aliphatic carboxylic acids is 1. The number of carbonyl (C=O) groups excluding carboxylic acids is 1. The molecule has 0 saturated heterocycles. The second-order valence-electron chi connectivity index (χ2n) is 3.28. The lowest BCUT2D eigenvalue weighted by molar-refractivity contribution is -0.143. The summed E-state index contributed by atoms with van der Waals surface area (Å²) in [7, 11) is 1.44. The van der Waals surface area contributed by atoms with Crippen molar-refractivity contribution in [1.29, 1.82) is 5.26 Å². The van der Waals surface area contributed by atoms with Gasteiger partial charge in [-0.2, -0.15) is 5.26 Å². The Balaban J connectivity index is 2.69. The maximum absolute atomic E-state index is 11.6. The lowest BCUT2D eigenvalue weighted by atomic mass is 10.2. The van der Waals surface area contributed by atoms with Gasteiger partial charge in [0.25, 0.3) is 0 Å². The van der Waals surface area contributed by atoms with Crippen LogP contribution in [0.3, 0.4) is 0 Å². The third-order valence-corrected chi connectivity index (χ3v) is 2.05. The molecule has 7 nitrogen and oxygen atoms in total. The molecular weight excluding hydrogens is 238 g/mol. The molecular formula is C11H11N3O4. The van der Waals surface area contributed by atoms with E-state index in [1.54, 1.807) is 24.3 Å². The van der Waals surface area contributed by atoms with E-state index in [0.717, 1.165) is 4.90 Å². The van der Waals surface area contributed by atoms with Gasteiger partial charge in [0.05, 0.1) is 11.3 Å². The molecule has 1 aromatic carbocycles. The smallest absolute Gasteiger partial charge is 0.345 e. The van der Waals surface area contributed by atoms with Crippen LogP contribution in [0.5, 0.6) is 0 Å². The molecule has 2 N–H and O–H groups in total. The molecule has 2 amide bonds. The summed E-state index contributed by atoms with van der Waals surface area (Å²) in [6.45, 7) is -0.639. The van der Waals surface area contributed by atoms with E-state index >= 15 is 0 Å². The molecule has 0 saturated carbocycles. The molecule has 7 heteroatoms. The van der Waals surface area contributed by atoms with Crippen molar-refractivity contribution in [2.24, 2.45) is 0 Å². The summed E-state index contributed by atoms with van der Waals surface area (Å²) in [5, 5.41) is 17.2. The fourth-order valence-corrected chi connectivity index (χ4v) is 1.20. The van der Waals surface area contributed by atoms with E-state index < -0.39 is 18.6 Å². The monoisotopic (exact) mass is 249 g/mol. The van der Waals surface area contributed by atoms with Crippen LogP contribution < -0.4 is 10.4 Å². The van der Waals surface area contributed by atoms with E-state index in [1.165, 1.54) is 7.05 Å². The van der Waals surface area contributed by atoms with E-state index in [-0.39, 0.29) is 0 Å². The zero-order chi connectivity index (χ0) is 13.5. The van der Waals surface area contributed by atoms with Crippen molar-refractivity contribution >= 4 is 17.7 Å². The van der Waals surface area contributed by atoms with Gasteiger partial charge in [0, 0.05) is 7.05 Å². The number of carbonyl (C=O) groups is 2. The number of carboxylic acid groups (broad SMARTS) is 1. The molecule has 0 bridgehead atoms. The quantitative estimate of drug-likeness (QED) is 0.765. The molecule has 0 spiro atoms. The highest BCUT2D eigenvalue weighted by atomic mass is 16.7. The lowest BCUT2D eigenvalue weighted by Gasteiger charge is -2.18. The molecule has 1 aromatic rings. The number of rotatable bonds is 4. The number of nitriles is 1. The zero-order valence-electron chi connectivity index (χ0n) is 9.58. The molecule has 0 aromatic heterocycles. The average molecular weight is 249 g/mol. The average Bonchev–Trinajstić information content (AvgIpc) is 2.37. The molecule has 0 atom stereocenters. The fourth-order valence-electron chi connectivity index (χ4n) is 1.20. The van der Waals surface area contributed by atoms with Gasteiger partial charge in [0.15, 0.2) is 6.61 Å². The number of nitrogens with one attached hydrogen (secondary N) is 1. The topological polar surface area (TPSA) is 103 Å². The zero-order valence-corrected chi connectivity index (χ0v) is 9.58. The summed E-state index contributed by atoms with van der Waals surface area (Å²) in [6, 6.07) is 7.79. The largest absolute Gasteiger partial charge is 0.479 e. The van der Waals surface area contributed by atoms with Crippen LogP contribution in [0.25, 0.3) is 0 Å². The Morgan fingerprint density at radius 1 is 1.50 bits per heavy atom. The van der Waals surface area contributed by atoms with Crippen molar-refractivity contribution in [3.63, 3.8) is 0 Å². The second-order valence-corrected chi connectivity index (χ2v) is 3.28. The predicted molar refractivity (Wildman–Crippen MR) is 61.7 cm³/mol. The Kier molecular flexibility index (Phi) is 4.66. The first-order valence-corrected chi connectivity index (χ1v) is 4.92. The Labute approximate surface area is 103 Å². The first-order chi connectivity index (χ1) is 8.56. The Bertz CT molecular complexity index is 495. The summed E-state index contributed by atoms with van der Waals surface area (Å²) >= 11 is 0. The normalized spacial score (nSPS) is 9.33. The van der Waals surface area contributed by atoms with Crippen LogP contribution in [0, 0.1) is 11.3 Å². The number of nitrogens with zero attached hydrogens (tertiary/aromatic N) is 2. The third kappa shape index (κ3) is 3.47. The molecule has 0 aliphatic carbocycles. The Hall–Kier alpha value is -2.59. The molecule has 0 heterocycles. The standard InChI is InChI=1S/C11H11N3O4/c1-14(11(17)13-18-7-10(15)16)9-5-3-2-4-8(9)6-12/h2-5H,7H2,1H3,(H,13,17)(H,15,16). The van der Waals surface area contributed by atoms with E-state index in [9.17, 15) is 9.59 Å². The maximum Gasteiger partial charge on any atom is 0.345 e. The van der Waals surface area contributed by atoms with E-state index in [4.69, 9.17) is 10.4 Å². The fraction of sp³-hybridized carbons (Fsp3) is 0.182. The molecule has 0 unspecified atom stereocenters. The second kappa shape index (κ2) is 6.22. The summed E-state index contributed by atoms with van der Waals surface area (Å²) in [5.74, 6) is -1.20. The van der Waals surface area contributed by atoms with E-state index in [2.05, 4.69) is 4.84 Å². The number of benzene rings is 1. The Morgan fingerprint density at radius 2 is 2.17 bits per heavy atom. The number of hydroxylamine groups is 1. The van der Waals surface area contributed by atoms with Gasteiger partial charge < -0.3 is 5.11 Å². The van der Waals surface area contributed by atoms with Crippen LogP contribution in [0.2, 0.25) is 0 Å². The first kappa shape index (κ1) is 13.5. The van der Waals surface area contributed by atoms with Crippen molar-refractivity contribution in [3.8, 4) is 6.07 Å². The van der Waals surface area contributed by atoms with Gasteiger partial charge in [0.2, 0.25) is 0 Å². The van der Waals surface area contributed by atoms with Gasteiger partial charge >= 0.3 is 12.0 Å². The number of hydrogen-bond acceptors (Lipinski definition) is 4. The molecule has 94 valence electrons. The molecule has 0 aliphatic rings. The highest BCUT2D eigenvalue weighted by Crippen LogP contribution is 2.17. The Morgan fingerprint density at radius 3 is 2.78 bits per heavy atom. The summed E-state index contributed by atoms with van der Waals surface area (Å²) in [4.78, 5) is 27.4. The maximum atomic E-state index is 11.6. The third-order valence-electron chi connectivity index (χ3n) is 2.05. The van der Waals surface area contributed by atoms with Crippen LogP contribution in [-0.2, 0) is 9.63 Å². The lowest BCUT2D eigenvalue weighted by Crippen LogP contribution is -2.38. The molecule has 0 aliphatic heterocycles. The van der Waals surface area contributed by atoms with Crippen molar-refractivity contribution in [2.45, 2.75) is 0 Å². The summed E-state index contributed by atoms with van der Waals surface area (Å²) < 4.78 is 0.